The predicted molar refractivity (Wildman–Crippen MR) is 85.2 cm³/mol. The zero-order chi connectivity index (χ0) is 16.2. The van der Waals surface area contributed by atoms with Crippen molar-refractivity contribution in [2.75, 3.05) is 20.3 Å². The van der Waals surface area contributed by atoms with Gasteiger partial charge in [-0.3, -0.25) is 0 Å². The summed E-state index contributed by atoms with van der Waals surface area (Å²) in [6, 6.07) is 10.4. The van der Waals surface area contributed by atoms with Gasteiger partial charge in [-0.1, -0.05) is 18.2 Å². The van der Waals surface area contributed by atoms with E-state index in [1.54, 1.807) is 24.3 Å². The van der Waals surface area contributed by atoms with Crippen LogP contribution in [-0.4, -0.2) is 20.3 Å². The van der Waals surface area contributed by atoms with Crippen LogP contribution < -0.4 is 15.2 Å². The molecule has 0 heterocycles. The molecule has 126 valence electrons. The normalized spacial score (nSPS) is 10.8. The van der Waals surface area contributed by atoms with Gasteiger partial charge >= 0.3 is 6.18 Å². The third-order valence-corrected chi connectivity index (χ3v) is 3.08. The summed E-state index contributed by atoms with van der Waals surface area (Å²) in [5.41, 5.74) is 4.95. The number of benzene rings is 2. The number of rotatable bonds is 5. The van der Waals surface area contributed by atoms with E-state index in [9.17, 15) is 13.2 Å². The van der Waals surface area contributed by atoms with Crippen LogP contribution in [0.15, 0.2) is 42.5 Å². The lowest BCUT2D eigenvalue weighted by Gasteiger charge is -2.17. The molecule has 0 fully saturated rings. The van der Waals surface area contributed by atoms with Crippen molar-refractivity contribution in [2.45, 2.75) is 6.18 Å². The van der Waals surface area contributed by atoms with Crippen molar-refractivity contribution in [2.24, 2.45) is 5.73 Å². The minimum atomic E-state index is -4.50. The molecule has 0 aromatic heterocycles. The Kier molecular flexibility index (Phi) is 6.72. The quantitative estimate of drug-likeness (QED) is 0.884. The molecule has 0 unspecified atom stereocenters. The Balaban J connectivity index is 0.00000264. The number of ether oxygens (including phenoxy) is 2. The molecule has 0 bridgehead atoms. The van der Waals surface area contributed by atoms with Crippen LogP contribution in [0.3, 0.4) is 0 Å². The summed E-state index contributed by atoms with van der Waals surface area (Å²) in [5.74, 6) is 0.514. The summed E-state index contributed by atoms with van der Waals surface area (Å²) >= 11 is 0. The topological polar surface area (TPSA) is 44.5 Å². The maximum atomic E-state index is 13.4. The van der Waals surface area contributed by atoms with Crippen LogP contribution in [0, 0.1) is 0 Å². The molecule has 2 aromatic carbocycles. The van der Waals surface area contributed by atoms with Gasteiger partial charge in [-0.05, 0) is 29.8 Å². The Morgan fingerprint density at radius 2 is 1.74 bits per heavy atom. The summed E-state index contributed by atoms with van der Waals surface area (Å²) in [7, 11) is 1.42. The van der Waals surface area contributed by atoms with Gasteiger partial charge in [0, 0.05) is 12.1 Å². The fraction of sp³-hybridized carbons (Fsp3) is 0.250. The average molecular weight is 348 g/mol. The summed E-state index contributed by atoms with van der Waals surface area (Å²) in [6.45, 7) is 0.390. The fourth-order valence-electron chi connectivity index (χ4n) is 2.13. The van der Waals surface area contributed by atoms with Gasteiger partial charge in [0.1, 0.15) is 18.1 Å². The molecule has 0 aliphatic heterocycles. The molecular weight excluding hydrogens is 331 g/mol. The highest BCUT2D eigenvalue weighted by Crippen LogP contribution is 2.41. The Labute approximate surface area is 138 Å². The molecule has 0 aliphatic rings. The van der Waals surface area contributed by atoms with E-state index in [0.717, 1.165) is 6.07 Å². The van der Waals surface area contributed by atoms with Crippen molar-refractivity contribution < 1.29 is 22.6 Å². The average Bonchev–Trinajstić information content (AvgIpc) is 2.52. The molecule has 2 aromatic rings. The number of methoxy groups -OCH3 is 1. The van der Waals surface area contributed by atoms with Crippen molar-refractivity contribution in [3.8, 4) is 22.6 Å². The molecular formula is C16H17ClF3NO2. The maximum Gasteiger partial charge on any atom is 0.417 e. The summed E-state index contributed by atoms with van der Waals surface area (Å²) in [4.78, 5) is 0. The highest BCUT2D eigenvalue weighted by molar-refractivity contribution is 5.85. The fourth-order valence-corrected chi connectivity index (χ4v) is 2.13. The Bertz CT molecular complexity index is 647. The van der Waals surface area contributed by atoms with Crippen molar-refractivity contribution in [1.29, 1.82) is 0 Å². The first-order valence-corrected chi connectivity index (χ1v) is 6.65. The molecule has 2 N–H and O–H groups in total. The monoisotopic (exact) mass is 347 g/mol. The number of nitrogens with two attached hydrogens (primary N) is 1. The Hall–Kier alpha value is -1.92. The van der Waals surface area contributed by atoms with E-state index >= 15 is 0 Å². The molecule has 0 atom stereocenters. The smallest absolute Gasteiger partial charge is 0.417 e. The van der Waals surface area contributed by atoms with Crippen molar-refractivity contribution in [1.82, 2.24) is 0 Å². The van der Waals surface area contributed by atoms with Crippen LogP contribution >= 0.6 is 12.4 Å². The lowest BCUT2D eigenvalue weighted by Crippen LogP contribution is -2.12. The molecule has 0 aliphatic carbocycles. The van der Waals surface area contributed by atoms with Crippen LogP contribution in [-0.2, 0) is 6.18 Å². The number of alkyl halides is 3. The van der Waals surface area contributed by atoms with Gasteiger partial charge in [-0.25, -0.2) is 0 Å². The first-order chi connectivity index (χ1) is 10.5. The number of hydrogen-bond donors (Lipinski definition) is 1. The molecule has 0 spiro atoms. The van der Waals surface area contributed by atoms with Gasteiger partial charge in [0.25, 0.3) is 0 Å². The molecule has 7 heteroatoms. The van der Waals surface area contributed by atoms with Gasteiger partial charge in [0.05, 0.1) is 12.7 Å². The van der Waals surface area contributed by atoms with E-state index in [2.05, 4.69) is 0 Å². The van der Waals surface area contributed by atoms with E-state index in [0.29, 0.717) is 11.3 Å². The second-order valence-electron chi connectivity index (χ2n) is 4.54. The molecule has 0 amide bonds. The predicted octanol–water partition coefficient (Wildman–Crippen LogP) is 4.14. The lowest BCUT2D eigenvalue weighted by atomic mass is 9.98. The Morgan fingerprint density at radius 3 is 2.35 bits per heavy atom. The lowest BCUT2D eigenvalue weighted by molar-refractivity contribution is -0.137. The third-order valence-electron chi connectivity index (χ3n) is 3.08. The third kappa shape index (κ3) is 4.53. The zero-order valence-corrected chi connectivity index (χ0v) is 13.2. The molecule has 2 rings (SSSR count). The minimum Gasteiger partial charge on any atom is -0.496 e. The maximum absolute atomic E-state index is 13.4. The van der Waals surface area contributed by atoms with E-state index < -0.39 is 11.7 Å². The SMILES string of the molecule is COc1ccccc1-c1ccc(OCCN)cc1C(F)(F)F.Cl. The highest BCUT2D eigenvalue weighted by atomic mass is 35.5. The van der Waals surface area contributed by atoms with E-state index in [4.69, 9.17) is 15.2 Å². The second kappa shape index (κ2) is 8.08. The molecule has 0 saturated carbocycles. The van der Waals surface area contributed by atoms with E-state index in [1.807, 2.05) is 0 Å². The zero-order valence-electron chi connectivity index (χ0n) is 12.4. The minimum absolute atomic E-state index is 0. The standard InChI is InChI=1S/C16H16F3NO2.ClH/c1-21-15-5-3-2-4-13(15)12-7-6-11(22-9-8-20)10-14(12)16(17,18)19;/h2-7,10H,8-9,20H2,1H3;1H. The summed E-state index contributed by atoms with van der Waals surface area (Å²) in [6.07, 6.45) is -4.50. The molecule has 3 nitrogen and oxygen atoms in total. The van der Waals surface area contributed by atoms with Crippen LogP contribution in [0.25, 0.3) is 11.1 Å². The summed E-state index contributed by atoms with van der Waals surface area (Å²) < 4.78 is 50.4. The number of halogens is 4. The van der Waals surface area contributed by atoms with Gasteiger partial charge < -0.3 is 15.2 Å². The first kappa shape index (κ1) is 19.1. The number of para-hydroxylation sites is 1. The molecule has 0 radical (unpaired) electrons. The van der Waals surface area contributed by atoms with Gasteiger partial charge in [0.15, 0.2) is 0 Å². The van der Waals surface area contributed by atoms with Crippen LogP contribution in [0.5, 0.6) is 11.5 Å². The van der Waals surface area contributed by atoms with E-state index in [1.165, 1.54) is 19.2 Å². The molecule has 0 saturated heterocycles. The van der Waals surface area contributed by atoms with Crippen LogP contribution in [0.2, 0.25) is 0 Å². The van der Waals surface area contributed by atoms with Crippen LogP contribution in [0.4, 0.5) is 13.2 Å². The highest BCUT2D eigenvalue weighted by Gasteiger charge is 2.34. The number of hydrogen-bond acceptors (Lipinski definition) is 3. The van der Waals surface area contributed by atoms with Gasteiger partial charge in [-0.15, -0.1) is 12.4 Å². The van der Waals surface area contributed by atoms with Crippen molar-refractivity contribution in [3.63, 3.8) is 0 Å². The summed E-state index contributed by atoms with van der Waals surface area (Å²) in [5, 5.41) is 0. The van der Waals surface area contributed by atoms with Crippen molar-refractivity contribution >= 4 is 12.4 Å². The van der Waals surface area contributed by atoms with Gasteiger partial charge in [-0.2, -0.15) is 13.2 Å². The second-order valence-corrected chi connectivity index (χ2v) is 4.54. The first-order valence-electron chi connectivity index (χ1n) is 6.65. The molecule has 23 heavy (non-hydrogen) atoms. The largest absolute Gasteiger partial charge is 0.496 e. The van der Waals surface area contributed by atoms with Crippen LogP contribution in [0.1, 0.15) is 5.56 Å². The van der Waals surface area contributed by atoms with Gasteiger partial charge in [0.2, 0.25) is 0 Å². The Morgan fingerprint density at radius 1 is 1.04 bits per heavy atom. The van der Waals surface area contributed by atoms with Crippen molar-refractivity contribution in [3.05, 3.63) is 48.0 Å². The van der Waals surface area contributed by atoms with E-state index in [-0.39, 0.29) is 36.9 Å².